The maximum Gasteiger partial charge on any atom is 0.247 e. The fraction of sp³-hybridized carbons (Fsp3) is 0.259. The van der Waals surface area contributed by atoms with Gasteiger partial charge in [0.1, 0.15) is 17.0 Å². The van der Waals surface area contributed by atoms with E-state index in [1.54, 1.807) is 31.4 Å². The van der Waals surface area contributed by atoms with Crippen molar-refractivity contribution in [2.24, 2.45) is 0 Å². The SMILES string of the molecule is C=CC(=O)Nc1cccc(-c2noc3cnc(Nc4ccc(N5CCN(CCOC)CC5)cc4F)nc23)c1. The first-order valence-electron chi connectivity index (χ1n) is 12.2. The predicted octanol–water partition coefficient (Wildman–Crippen LogP) is 4.06. The van der Waals surface area contributed by atoms with Gasteiger partial charge in [-0.05, 0) is 36.4 Å². The van der Waals surface area contributed by atoms with Crippen LogP contribution in [0.15, 0.2) is 65.8 Å². The van der Waals surface area contributed by atoms with E-state index in [9.17, 15) is 4.79 Å². The highest BCUT2D eigenvalue weighted by Crippen LogP contribution is 2.30. The Hall–Kier alpha value is -4.35. The van der Waals surface area contributed by atoms with Crippen LogP contribution in [0.25, 0.3) is 22.4 Å². The van der Waals surface area contributed by atoms with Gasteiger partial charge in [0, 0.05) is 56.8 Å². The van der Waals surface area contributed by atoms with Crippen LogP contribution in [0.4, 0.5) is 27.4 Å². The van der Waals surface area contributed by atoms with Crippen LogP contribution in [0, 0.1) is 5.82 Å². The summed E-state index contributed by atoms with van der Waals surface area (Å²) in [6.45, 7) is 8.53. The second-order valence-corrected chi connectivity index (χ2v) is 8.82. The van der Waals surface area contributed by atoms with Crippen molar-refractivity contribution in [3.63, 3.8) is 0 Å². The molecule has 2 aromatic carbocycles. The summed E-state index contributed by atoms with van der Waals surface area (Å²) in [5, 5.41) is 9.81. The van der Waals surface area contributed by atoms with Crippen molar-refractivity contribution in [2.45, 2.75) is 0 Å². The number of anilines is 4. The van der Waals surface area contributed by atoms with Gasteiger partial charge in [-0.1, -0.05) is 23.9 Å². The van der Waals surface area contributed by atoms with Crippen LogP contribution >= 0.6 is 0 Å². The van der Waals surface area contributed by atoms with E-state index in [2.05, 4.69) is 42.1 Å². The number of ether oxygens (including phenoxy) is 1. The summed E-state index contributed by atoms with van der Waals surface area (Å²) in [6, 6.07) is 12.2. The largest absolute Gasteiger partial charge is 0.383 e. The van der Waals surface area contributed by atoms with E-state index in [1.165, 1.54) is 18.3 Å². The second kappa shape index (κ2) is 11.4. The number of methoxy groups -OCH3 is 1. The minimum absolute atomic E-state index is 0.205. The summed E-state index contributed by atoms with van der Waals surface area (Å²) >= 11 is 0. The van der Waals surface area contributed by atoms with Gasteiger partial charge in [0.05, 0.1) is 18.5 Å². The van der Waals surface area contributed by atoms with Gasteiger partial charge in [-0.25, -0.2) is 14.4 Å². The quantitative estimate of drug-likeness (QED) is 0.318. The van der Waals surface area contributed by atoms with Crippen LogP contribution in [0.5, 0.6) is 0 Å². The Balaban J connectivity index is 1.32. The Morgan fingerprint density at radius 3 is 2.82 bits per heavy atom. The molecule has 1 saturated heterocycles. The molecule has 4 aromatic rings. The molecule has 0 bridgehead atoms. The summed E-state index contributed by atoms with van der Waals surface area (Å²) in [5.41, 5.74) is 3.67. The molecule has 11 heteroatoms. The first kappa shape index (κ1) is 25.3. The van der Waals surface area contributed by atoms with E-state index in [0.717, 1.165) is 38.4 Å². The molecule has 1 fully saturated rings. The number of nitrogens with zero attached hydrogens (tertiary/aromatic N) is 5. The number of halogens is 1. The molecule has 0 saturated carbocycles. The van der Waals surface area contributed by atoms with Gasteiger partial charge in [-0.2, -0.15) is 0 Å². The van der Waals surface area contributed by atoms with Crippen molar-refractivity contribution in [1.29, 1.82) is 0 Å². The van der Waals surface area contributed by atoms with Crippen LogP contribution in [0.3, 0.4) is 0 Å². The van der Waals surface area contributed by atoms with E-state index in [-0.39, 0.29) is 17.5 Å². The van der Waals surface area contributed by atoms with E-state index in [4.69, 9.17) is 9.26 Å². The van der Waals surface area contributed by atoms with Crippen molar-refractivity contribution in [3.8, 4) is 11.3 Å². The van der Waals surface area contributed by atoms with Crippen molar-refractivity contribution in [3.05, 3.63) is 67.1 Å². The average Bonchev–Trinajstić information content (AvgIpc) is 3.37. The molecule has 0 aliphatic carbocycles. The van der Waals surface area contributed by atoms with Gasteiger partial charge in [0.25, 0.3) is 0 Å². The molecule has 0 spiro atoms. The number of benzene rings is 2. The lowest BCUT2D eigenvalue weighted by molar-refractivity contribution is -0.111. The van der Waals surface area contributed by atoms with Gasteiger partial charge in [0.15, 0.2) is 0 Å². The Kier molecular flexibility index (Phi) is 7.57. The van der Waals surface area contributed by atoms with Crippen LogP contribution < -0.4 is 15.5 Å². The predicted molar refractivity (Wildman–Crippen MR) is 144 cm³/mol. The molecule has 2 N–H and O–H groups in total. The Morgan fingerprint density at radius 2 is 2.05 bits per heavy atom. The maximum atomic E-state index is 15.1. The highest BCUT2D eigenvalue weighted by atomic mass is 19.1. The third kappa shape index (κ3) is 5.63. The molecule has 196 valence electrons. The van der Waals surface area contributed by atoms with Crippen LogP contribution in [-0.4, -0.2) is 72.4 Å². The molecule has 3 heterocycles. The zero-order valence-corrected chi connectivity index (χ0v) is 21.0. The lowest BCUT2D eigenvalue weighted by Gasteiger charge is -2.36. The number of nitrogens with one attached hydrogen (secondary N) is 2. The molecule has 0 radical (unpaired) electrons. The minimum atomic E-state index is -0.399. The lowest BCUT2D eigenvalue weighted by Crippen LogP contribution is -2.47. The average molecular weight is 518 g/mol. The van der Waals surface area contributed by atoms with Gasteiger partial charge in [0.2, 0.25) is 17.4 Å². The molecule has 10 nitrogen and oxygen atoms in total. The highest BCUT2D eigenvalue weighted by molar-refractivity contribution is 5.99. The fourth-order valence-corrected chi connectivity index (χ4v) is 4.31. The molecule has 1 amide bonds. The van der Waals surface area contributed by atoms with Gasteiger partial charge in [-0.15, -0.1) is 0 Å². The standard InChI is InChI=1S/C27H28FN7O3/c1-3-24(36)30-19-6-4-5-18(15-19)25-26-23(38-33-25)17-29-27(32-26)31-22-8-7-20(16-21(22)28)35-11-9-34(10-12-35)13-14-37-2/h3-8,15-17H,1,9-14H2,2H3,(H,30,36)(H,29,31,32). The summed E-state index contributed by atoms with van der Waals surface area (Å²) in [5.74, 6) is -0.515. The van der Waals surface area contributed by atoms with Crippen molar-refractivity contribution in [2.75, 3.05) is 62.0 Å². The smallest absolute Gasteiger partial charge is 0.247 e. The number of aromatic nitrogens is 3. The first-order chi connectivity index (χ1) is 18.5. The fourth-order valence-electron chi connectivity index (χ4n) is 4.31. The second-order valence-electron chi connectivity index (χ2n) is 8.82. The van der Waals surface area contributed by atoms with E-state index < -0.39 is 5.82 Å². The number of carbonyl (C=O) groups is 1. The topological polar surface area (TPSA) is 109 Å². The monoisotopic (exact) mass is 517 g/mol. The Morgan fingerprint density at radius 1 is 1.21 bits per heavy atom. The lowest BCUT2D eigenvalue weighted by atomic mass is 10.1. The third-order valence-electron chi connectivity index (χ3n) is 6.35. The molecular formula is C27H28FN7O3. The third-order valence-corrected chi connectivity index (χ3v) is 6.35. The molecule has 2 aromatic heterocycles. The van der Waals surface area contributed by atoms with E-state index in [0.29, 0.717) is 34.7 Å². The van der Waals surface area contributed by atoms with Crippen molar-refractivity contribution in [1.82, 2.24) is 20.0 Å². The highest BCUT2D eigenvalue weighted by Gasteiger charge is 2.19. The number of amides is 1. The summed E-state index contributed by atoms with van der Waals surface area (Å²) in [4.78, 5) is 24.9. The number of carbonyl (C=O) groups excluding carboxylic acids is 1. The van der Waals surface area contributed by atoms with E-state index >= 15 is 4.39 Å². The van der Waals surface area contributed by atoms with Gasteiger partial charge in [-0.3, -0.25) is 9.69 Å². The van der Waals surface area contributed by atoms with Crippen LogP contribution in [0.1, 0.15) is 0 Å². The van der Waals surface area contributed by atoms with Crippen LogP contribution in [0.2, 0.25) is 0 Å². The molecule has 0 unspecified atom stereocenters. The van der Waals surface area contributed by atoms with E-state index in [1.807, 2.05) is 12.1 Å². The summed E-state index contributed by atoms with van der Waals surface area (Å²) in [7, 11) is 1.70. The number of hydrogen-bond acceptors (Lipinski definition) is 9. The number of piperazine rings is 1. The maximum absolute atomic E-state index is 15.1. The molecule has 0 atom stereocenters. The first-order valence-corrected chi connectivity index (χ1v) is 12.2. The zero-order chi connectivity index (χ0) is 26.5. The van der Waals surface area contributed by atoms with Gasteiger partial charge >= 0.3 is 0 Å². The summed E-state index contributed by atoms with van der Waals surface area (Å²) in [6.07, 6.45) is 2.68. The number of rotatable bonds is 9. The van der Waals surface area contributed by atoms with Crippen molar-refractivity contribution < 1.29 is 18.4 Å². The Labute approximate surface area is 219 Å². The normalized spacial score (nSPS) is 14.0. The Bertz CT molecular complexity index is 1450. The zero-order valence-electron chi connectivity index (χ0n) is 21.0. The molecule has 1 aliphatic rings. The molecule has 5 rings (SSSR count). The molecule has 38 heavy (non-hydrogen) atoms. The summed E-state index contributed by atoms with van der Waals surface area (Å²) < 4.78 is 25.6. The molecular weight excluding hydrogens is 489 g/mol. The number of fused-ring (bicyclic) bond motifs is 1. The van der Waals surface area contributed by atoms with Gasteiger partial charge < -0.3 is 24.8 Å². The van der Waals surface area contributed by atoms with Crippen molar-refractivity contribution >= 4 is 40.0 Å². The minimum Gasteiger partial charge on any atom is -0.383 e. The molecule has 1 aliphatic heterocycles. The number of hydrogen-bond donors (Lipinski definition) is 2. The van der Waals surface area contributed by atoms with Crippen LogP contribution in [-0.2, 0) is 9.53 Å².